The van der Waals surface area contributed by atoms with Gasteiger partial charge in [-0.1, -0.05) is 6.92 Å². The number of aliphatic hydroxyl groups is 1. The van der Waals surface area contributed by atoms with Gasteiger partial charge in [-0.3, -0.25) is 4.98 Å². The summed E-state index contributed by atoms with van der Waals surface area (Å²) in [6.45, 7) is 4.11. The maximum absolute atomic E-state index is 10.4. The summed E-state index contributed by atoms with van der Waals surface area (Å²) in [6, 6.07) is 3.94. The van der Waals surface area contributed by atoms with E-state index in [1.165, 1.54) is 0 Å². The lowest BCUT2D eigenvalue weighted by Gasteiger charge is -2.13. The van der Waals surface area contributed by atoms with Crippen LogP contribution in [0.5, 0.6) is 0 Å². The Balaban J connectivity index is 2.41. The van der Waals surface area contributed by atoms with E-state index in [2.05, 4.69) is 11.9 Å². The summed E-state index contributed by atoms with van der Waals surface area (Å²) < 4.78 is 0. The van der Waals surface area contributed by atoms with Gasteiger partial charge >= 0.3 is 0 Å². The minimum Gasteiger partial charge on any atom is -0.383 e. The molecule has 2 aromatic rings. The van der Waals surface area contributed by atoms with Gasteiger partial charge in [-0.2, -0.15) is 0 Å². The molecule has 84 valence electrons. The van der Waals surface area contributed by atoms with E-state index in [9.17, 15) is 5.11 Å². The highest BCUT2D eigenvalue weighted by Crippen LogP contribution is 2.30. The van der Waals surface area contributed by atoms with E-state index in [1.54, 1.807) is 17.5 Å². The van der Waals surface area contributed by atoms with Gasteiger partial charge in [0.2, 0.25) is 0 Å². The summed E-state index contributed by atoms with van der Waals surface area (Å²) in [5.74, 6) is 0. The predicted molar refractivity (Wildman–Crippen MR) is 66.7 cm³/mol. The lowest BCUT2D eigenvalue weighted by molar-refractivity contribution is 0.222. The number of hydrogen-bond acceptors (Lipinski definition) is 3. The molecule has 2 rings (SSSR count). The van der Waals surface area contributed by atoms with Gasteiger partial charge in [0.15, 0.2) is 0 Å². The van der Waals surface area contributed by atoms with E-state index in [0.717, 1.165) is 28.0 Å². The molecule has 0 aromatic carbocycles. The zero-order valence-corrected chi connectivity index (χ0v) is 10.3. The second kappa shape index (κ2) is 4.76. The lowest BCUT2D eigenvalue weighted by atomic mass is 10.0. The number of aromatic nitrogens is 1. The molecular formula is C13H15NOS. The van der Waals surface area contributed by atoms with Crippen molar-refractivity contribution in [2.45, 2.75) is 26.4 Å². The van der Waals surface area contributed by atoms with Crippen molar-refractivity contribution in [2.75, 3.05) is 0 Å². The number of aryl methyl sites for hydroxylation is 2. The standard InChI is InChI=1S/C13H15NOS/c1-3-10-8-14-6-4-11(10)12(15)13-9(2)5-7-16-13/h4-8,12,15H,3H2,1-2H3. The minimum absolute atomic E-state index is 0.516. The number of aliphatic hydroxyl groups excluding tert-OH is 1. The van der Waals surface area contributed by atoms with Crippen LogP contribution in [0.3, 0.4) is 0 Å². The molecule has 0 radical (unpaired) electrons. The van der Waals surface area contributed by atoms with Crippen LogP contribution in [-0.2, 0) is 6.42 Å². The fraction of sp³-hybridized carbons (Fsp3) is 0.308. The molecular weight excluding hydrogens is 218 g/mol. The van der Waals surface area contributed by atoms with E-state index in [4.69, 9.17) is 0 Å². The molecule has 1 N–H and O–H groups in total. The van der Waals surface area contributed by atoms with Gasteiger partial charge in [0.1, 0.15) is 6.10 Å². The molecule has 0 aliphatic rings. The van der Waals surface area contributed by atoms with E-state index in [0.29, 0.717) is 0 Å². The van der Waals surface area contributed by atoms with Gasteiger partial charge in [0, 0.05) is 17.3 Å². The lowest BCUT2D eigenvalue weighted by Crippen LogP contribution is -2.03. The maximum Gasteiger partial charge on any atom is 0.114 e. The fourth-order valence-electron chi connectivity index (χ4n) is 1.81. The Morgan fingerprint density at radius 2 is 2.25 bits per heavy atom. The topological polar surface area (TPSA) is 33.1 Å². The Morgan fingerprint density at radius 1 is 1.44 bits per heavy atom. The molecule has 2 aromatic heterocycles. The zero-order chi connectivity index (χ0) is 11.5. The van der Waals surface area contributed by atoms with Crippen LogP contribution in [0.2, 0.25) is 0 Å². The average Bonchev–Trinajstić information content (AvgIpc) is 2.74. The Hall–Kier alpha value is -1.19. The third-order valence-corrected chi connectivity index (χ3v) is 3.84. The molecule has 2 heterocycles. The highest BCUT2D eigenvalue weighted by molar-refractivity contribution is 7.10. The first kappa shape index (κ1) is 11.3. The van der Waals surface area contributed by atoms with Crippen LogP contribution < -0.4 is 0 Å². The molecule has 0 aliphatic carbocycles. The molecule has 0 aliphatic heterocycles. The van der Waals surface area contributed by atoms with Crippen molar-refractivity contribution in [3.05, 3.63) is 51.5 Å². The first-order valence-electron chi connectivity index (χ1n) is 5.39. The van der Waals surface area contributed by atoms with Gasteiger partial charge in [-0.05, 0) is 47.5 Å². The normalized spacial score (nSPS) is 12.7. The number of hydrogen-bond donors (Lipinski definition) is 1. The Morgan fingerprint density at radius 3 is 2.88 bits per heavy atom. The molecule has 1 atom stereocenters. The van der Waals surface area contributed by atoms with Crippen molar-refractivity contribution >= 4 is 11.3 Å². The van der Waals surface area contributed by atoms with Crippen molar-refractivity contribution in [3.8, 4) is 0 Å². The SMILES string of the molecule is CCc1cnccc1C(O)c1sccc1C. The number of rotatable bonds is 3. The molecule has 3 heteroatoms. The number of nitrogens with zero attached hydrogens (tertiary/aromatic N) is 1. The third kappa shape index (κ3) is 2.01. The van der Waals surface area contributed by atoms with E-state index >= 15 is 0 Å². The van der Waals surface area contributed by atoms with Gasteiger partial charge < -0.3 is 5.11 Å². The summed E-state index contributed by atoms with van der Waals surface area (Å²) in [4.78, 5) is 5.12. The van der Waals surface area contributed by atoms with Crippen molar-refractivity contribution in [3.63, 3.8) is 0 Å². The molecule has 0 saturated heterocycles. The van der Waals surface area contributed by atoms with Crippen molar-refractivity contribution < 1.29 is 5.11 Å². The monoisotopic (exact) mass is 233 g/mol. The summed E-state index contributed by atoms with van der Waals surface area (Å²) in [6.07, 6.45) is 3.95. The van der Waals surface area contributed by atoms with Crippen LogP contribution in [0.4, 0.5) is 0 Å². The van der Waals surface area contributed by atoms with Crippen LogP contribution in [0.25, 0.3) is 0 Å². The van der Waals surface area contributed by atoms with E-state index < -0.39 is 6.10 Å². The number of pyridine rings is 1. The smallest absolute Gasteiger partial charge is 0.114 e. The van der Waals surface area contributed by atoms with Gasteiger partial charge in [0.25, 0.3) is 0 Å². The van der Waals surface area contributed by atoms with Crippen LogP contribution >= 0.6 is 11.3 Å². The van der Waals surface area contributed by atoms with Gasteiger partial charge in [-0.25, -0.2) is 0 Å². The van der Waals surface area contributed by atoms with Crippen LogP contribution in [0, 0.1) is 6.92 Å². The second-order valence-electron chi connectivity index (χ2n) is 3.80. The highest BCUT2D eigenvalue weighted by atomic mass is 32.1. The highest BCUT2D eigenvalue weighted by Gasteiger charge is 2.16. The Kier molecular flexibility index (Phi) is 3.36. The largest absolute Gasteiger partial charge is 0.383 e. The summed E-state index contributed by atoms with van der Waals surface area (Å²) in [5, 5.41) is 12.4. The second-order valence-corrected chi connectivity index (χ2v) is 4.75. The van der Waals surface area contributed by atoms with Crippen LogP contribution in [0.1, 0.15) is 34.6 Å². The molecule has 0 bridgehead atoms. The van der Waals surface area contributed by atoms with Crippen molar-refractivity contribution in [1.29, 1.82) is 0 Å². The maximum atomic E-state index is 10.4. The van der Waals surface area contributed by atoms with Crippen molar-refractivity contribution in [2.24, 2.45) is 0 Å². The first-order valence-corrected chi connectivity index (χ1v) is 6.26. The molecule has 0 spiro atoms. The predicted octanol–water partition coefficient (Wildman–Crippen LogP) is 3.10. The molecule has 2 nitrogen and oxygen atoms in total. The minimum atomic E-state index is -0.516. The van der Waals surface area contributed by atoms with Gasteiger partial charge in [0.05, 0.1) is 0 Å². The average molecular weight is 233 g/mol. The Bertz CT molecular complexity index is 478. The summed E-state index contributed by atoms with van der Waals surface area (Å²) >= 11 is 1.60. The van der Waals surface area contributed by atoms with E-state index in [-0.39, 0.29) is 0 Å². The molecule has 0 amide bonds. The molecule has 1 unspecified atom stereocenters. The van der Waals surface area contributed by atoms with Gasteiger partial charge in [-0.15, -0.1) is 11.3 Å². The fourth-order valence-corrected chi connectivity index (χ4v) is 2.73. The quantitative estimate of drug-likeness (QED) is 0.883. The van der Waals surface area contributed by atoms with Crippen molar-refractivity contribution in [1.82, 2.24) is 4.98 Å². The Labute approximate surface area is 99.6 Å². The summed E-state index contributed by atoms with van der Waals surface area (Å²) in [5.41, 5.74) is 3.24. The molecule has 16 heavy (non-hydrogen) atoms. The number of thiophene rings is 1. The zero-order valence-electron chi connectivity index (χ0n) is 9.47. The van der Waals surface area contributed by atoms with E-state index in [1.807, 2.05) is 30.6 Å². The summed E-state index contributed by atoms with van der Waals surface area (Å²) in [7, 11) is 0. The molecule has 0 fully saturated rings. The molecule has 0 saturated carbocycles. The van der Waals surface area contributed by atoms with Crippen LogP contribution in [0.15, 0.2) is 29.9 Å². The first-order chi connectivity index (χ1) is 7.74. The van der Waals surface area contributed by atoms with Crippen LogP contribution in [-0.4, -0.2) is 10.1 Å². The third-order valence-electron chi connectivity index (χ3n) is 2.77.